The van der Waals surface area contributed by atoms with Gasteiger partial charge in [0, 0.05) is 53.8 Å². The van der Waals surface area contributed by atoms with Crippen molar-refractivity contribution in [1.82, 2.24) is 34.5 Å². The van der Waals surface area contributed by atoms with Gasteiger partial charge in [-0.1, -0.05) is 0 Å². The van der Waals surface area contributed by atoms with Gasteiger partial charge in [0.05, 0.1) is 5.69 Å². The van der Waals surface area contributed by atoms with E-state index in [0.29, 0.717) is 5.95 Å². The fraction of sp³-hybridized carbons (Fsp3) is 0. The summed E-state index contributed by atoms with van der Waals surface area (Å²) in [6.45, 7) is 0. The lowest BCUT2D eigenvalue weighted by Crippen LogP contribution is -1.97. The molecule has 0 aliphatic carbocycles. The number of aromatic nitrogens is 7. The number of anilines is 2. The molecular weight excluding hydrogens is 316 g/mol. The SMILES string of the molecule is c1cc(Nc2ncc3c(-c4ccc5nccn5n4)c[nH]c3n2)ccn1. The lowest BCUT2D eigenvalue weighted by molar-refractivity contribution is 0.943. The van der Waals surface area contributed by atoms with Gasteiger partial charge in [0.1, 0.15) is 5.65 Å². The Kier molecular flexibility index (Phi) is 2.93. The van der Waals surface area contributed by atoms with Crippen LogP contribution in [0.2, 0.25) is 0 Å². The maximum Gasteiger partial charge on any atom is 0.229 e. The monoisotopic (exact) mass is 328 g/mol. The summed E-state index contributed by atoms with van der Waals surface area (Å²) in [5.74, 6) is 0.519. The number of hydrogen-bond acceptors (Lipinski definition) is 6. The van der Waals surface area contributed by atoms with Crippen LogP contribution in [0.15, 0.2) is 61.4 Å². The highest BCUT2D eigenvalue weighted by Gasteiger charge is 2.11. The standard InChI is InChI=1S/C17H12N8/c1-2-15-19-7-8-25(15)24-14(1)12-9-20-16-13(12)10-21-17(23-16)22-11-3-5-18-6-4-11/h1-10H,(H2,18,20,21,22,23). The normalized spacial score (nSPS) is 11.2. The highest BCUT2D eigenvalue weighted by molar-refractivity contribution is 5.92. The molecule has 0 aliphatic heterocycles. The van der Waals surface area contributed by atoms with E-state index < -0.39 is 0 Å². The van der Waals surface area contributed by atoms with E-state index in [-0.39, 0.29) is 0 Å². The topological polar surface area (TPSA) is 96.7 Å². The van der Waals surface area contributed by atoms with E-state index in [1.165, 1.54) is 0 Å². The molecule has 120 valence electrons. The average Bonchev–Trinajstić information content (AvgIpc) is 3.28. The van der Waals surface area contributed by atoms with Crippen LogP contribution < -0.4 is 5.32 Å². The fourth-order valence-electron chi connectivity index (χ4n) is 2.70. The third-order valence-corrected chi connectivity index (χ3v) is 3.90. The van der Waals surface area contributed by atoms with E-state index in [0.717, 1.165) is 33.6 Å². The molecule has 0 amide bonds. The number of H-pyrrole nitrogens is 1. The van der Waals surface area contributed by atoms with E-state index in [4.69, 9.17) is 0 Å². The van der Waals surface area contributed by atoms with Crippen molar-refractivity contribution in [3.63, 3.8) is 0 Å². The molecule has 0 atom stereocenters. The van der Waals surface area contributed by atoms with Crippen LogP contribution >= 0.6 is 0 Å². The molecule has 5 rings (SSSR count). The van der Waals surface area contributed by atoms with Crippen molar-refractivity contribution >= 4 is 28.3 Å². The summed E-state index contributed by atoms with van der Waals surface area (Å²) >= 11 is 0. The Bertz CT molecular complexity index is 1180. The van der Waals surface area contributed by atoms with Gasteiger partial charge >= 0.3 is 0 Å². The molecule has 5 aromatic heterocycles. The van der Waals surface area contributed by atoms with Crippen LogP contribution in [-0.4, -0.2) is 34.5 Å². The Hall–Kier alpha value is -3.81. The summed E-state index contributed by atoms with van der Waals surface area (Å²) in [5, 5.41) is 8.64. The Morgan fingerprint density at radius 1 is 1.00 bits per heavy atom. The molecule has 0 aromatic carbocycles. The molecule has 0 bridgehead atoms. The van der Waals surface area contributed by atoms with Gasteiger partial charge in [-0.05, 0) is 24.3 Å². The number of aromatic amines is 1. The molecular formula is C17H12N8. The number of nitrogens with one attached hydrogen (secondary N) is 2. The first-order valence-corrected chi connectivity index (χ1v) is 7.69. The van der Waals surface area contributed by atoms with Crippen molar-refractivity contribution in [3.8, 4) is 11.3 Å². The summed E-state index contributed by atoms with van der Waals surface area (Å²) in [4.78, 5) is 20.3. The molecule has 5 aromatic rings. The Morgan fingerprint density at radius 3 is 2.84 bits per heavy atom. The van der Waals surface area contributed by atoms with Crippen molar-refractivity contribution in [2.75, 3.05) is 5.32 Å². The van der Waals surface area contributed by atoms with Gasteiger partial charge in [-0.15, -0.1) is 0 Å². The minimum Gasteiger partial charge on any atom is -0.345 e. The second-order valence-corrected chi connectivity index (χ2v) is 5.47. The van der Waals surface area contributed by atoms with Crippen molar-refractivity contribution in [2.45, 2.75) is 0 Å². The molecule has 8 heteroatoms. The van der Waals surface area contributed by atoms with Crippen LogP contribution in [0.5, 0.6) is 0 Å². The largest absolute Gasteiger partial charge is 0.345 e. The number of imidazole rings is 1. The smallest absolute Gasteiger partial charge is 0.229 e. The van der Waals surface area contributed by atoms with Crippen molar-refractivity contribution in [2.24, 2.45) is 0 Å². The first kappa shape index (κ1) is 13.6. The second-order valence-electron chi connectivity index (χ2n) is 5.47. The Labute approximate surface area is 141 Å². The van der Waals surface area contributed by atoms with Crippen LogP contribution in [0, 0.1) is 0 Å². The Morgan fingerprint density at radius 2 is 1.92 bits per heavy atom. The van der Waals surface area contributed by atoms with Crippen LogP contribution in [-0.2, 0) is 0 Å². The van der Waals surface area contributed by atoms with Gasteiger partial charge in [-0.25, -0.2) is 14.5 Å². The lowest BCUT2D eigenvalue weighted by atomic mass is 10.2. The van der Waals surface area contributed by atoms with Crippen LogP contribution in [0.25, 0.3) is 27.9 Å². The van der Waals surface area contributed by atoms with Gasteiger partial charge in [0.2, 0.25) is 5.95 Å². The predicted molar refractivity (Wildman–Crippen MR) is 93.4 cm³/mol. The summed E-state index contributed by atoms with van der Waals surface area (Å²) in [6, 6.07) is 7.59. The van der Waals surface area contributed by atoms with Gasteiger partial charge in [0.25, 0.3) is 0 Å². The quantitative estimate of drug-likeness (QED) is 0.528. The molecule has 0 spiro atoms. The van der Waals surface area contributed by atoms with Crippen molar-refractivity contribution in [1.29, 1.82) is 0 Å². The minimum absolute atomic E-state index is 0.519. The van der Waals surface area contributed by atoms with E-state index in [2.05, 4.69) is 35.3 Å². The first-order valence-electron chi connectivity index (χ1n) is 7.69. The summed E-state index contributed by atoms with van der Waals surface area (Å²) in [5.41, 5.74) is 4.21. The van der Waals surface area contributed by atoms with Crippen LogP contribution in [0.4, 0.5) is 11.6 Å². The molecule has 0 saturated carbocycles. The number of hydrogen-bond donors (Lipinski definition) is 2. The van der Waals surface area contributed by atoms with E-state index >= 15 is 0 Å². The number of rotatable bonds is 3. The Balaban J connectivity index is 1.54. The predicted octanol–water partition coefficient (Wildman–Crippen LogP) is 2.81. The fourth-order valence-corrected chi connectivity index (χ4v) is 2.70. The van der Waals surface area contributed by atoms with E-state index in [9.17, 15) is 0 Å². The van der Waals surface area contributed by atoms with E-state index in [1.807, 2.05) is 36.7 Å². The van der Waals surface area contributed by atoms with Crippen molar-refractivity contribution in [3.05, 3.63) is 61.4 Å². The first-order chi connectivity index (χ1) is 12.4. The summed E-state index contributed by atoms with van der Waals surface area (Å²) in [7, 11) is 0. The van der Waals surface area contributed by atoms with Gasteiger partial charge < -0.3 is 10.3 Å². The molecule has 0 aliphatic rings. The second kappa shape index (κ2) is 5.38. The third kappa shape index (κ3) is 2.36. The third-order valence-electron chi connectivity index (χ3n) is 3.90. The maximum atomic E-state index is 4.57. The minimum atomic E-state index is 0.519. The van der Waals surface area contributed by atoms with Gasteiger partial charge in [-0.2, -0.15) is 10.1 Å². The highest BCUT2D eigenvalue weighted by Crippen LogP contribution is 2.26. The molecule has 5 heterocycles. The molecule has 8 nitrogen and oxygen atoms in total. The molecule has 25 heavy (non-hydrogen) atoms. The summed E-state index contributed by atoms with van der Waals surface area (Å²) < 4.78 is 1.74. The average molecular weight is 328 g/mol. The van der Waals surface area contributed by atoms with Gasteiger partial charge in [0.15, 0.2) is 5.65 Å². The number of fused-ring (bicyclic) bond motifs is 2. The zero-order valence-corrected chi connectivity index (χ0v) is 13.0. The zero-order chi connectivity index (χ0) is 16.6. The zero-order valence-electron chi connectivity index (χ0n) is 13.0. The molecule has 2 N–H and O–H groups in total. The summed E-state index contributed by atoms with van der Waals surface area (Å²) in [6.07, 6.45) is 10.7. The molecule has 0 unspecified atom stereocenters. The lowest BCUT2D eigenvalue weighted by Gasteiger charge is -2.04. The van der Waals surface area contributed by atoms with Crippen LogP contribution in [0.3, 0.4) is 0 Å². The van der Waals surface area contributed by atoms with Crippen LogP contribution in [0.1, 0.15) is 0 Å². The molecule has 0 radical (unpaired) electrons. The molecule has 0 fully saturated rings. The maximum absolute atomic E-state index is 4.57. The number of nitrogens with zero attached hydrogens (tertiary/aromatic N) is 6. The van der Waals surface area contributed by atoms with E-state index in [1.54, 1.807) is 29.3 Å². The number of pyridine rings is 1. The molecule has 0 saturated heterocycles. The van der Waals surface area contributed by atoms with Crippen molar-refractivity contribution < 1.29 is 0 Å². The highest BCUT2D eigenvalue weighted by atomic mass is 15.2. The van der Waals surface area contributed by atoms with Gasteiger partial charge in [-0.3, -0.25) is 4.98 Å².